The standard InChI is InChI=1S/C44H37BO2/c1-43(2,46)44(3,4)47-45-37-26-25-35-40-33(37)21-14-22-34(40)41-39(30-19-12-7-13-20-30)36-27-31(28-15-8-5-9-16-28)23-24-32(36)38(42(35)41)29-17-10-6-11-18-29/h5-27,45-46H,1-4H3. The van der Waals surface area contributed by atoms with E-state index in [2.05, 4.69) is 140 Å². The Balaban J connectivity index is 1.46. The van der Waals surface area contributed by atoms with Gasteiger partial charge < -0.3 is 9.76 Å². The molecule has 0 amide bonds. The van der Waals surface area contributed by atoms with Gasteiger partial charge in [0, 0.05) is 0 Å². The van der Waals surface area contributed by atoms with Crippen molar-refractivity contribution in [2.45, 2.75) is 38.9 Å². The molecule has 7 aromatic carbocycles. The highest BCUT2D eigenvalue weighted by Gasteiger charge is 2.36. The highest BCUT2D eigenvalue weighted by atomic mass is 16.5. The maximum absolute atomic E-state index is 10.8. The first kappa shape index (κ1) is 29.4. The third kappa shape index (κ3) is 4.81. The molecule has 228 valence electrons. The van der Waals surface area contributed by atoms with Crippen LogP contribution in [0.1, 0.15) is 27.7 Å². The fraction of sp³-hybridized carbons (Fsp3) is 0.136. The van der Waals surface area contributed by atoms with Crippen molar-refractivity contribution in [2.24, 2.45) is 0 Å². The zero-order chi connectivity index (χ0) is 32.3. The summed E-state index contributed by atoms with van der Waals surface area (Å²) >= 11 is 0. The molecule has 0 fully saturated rings. The van der Waals surface area contributed by atoms with Gasteiger partial charge in [-0.25, -0.2) is 0 Å². The Morgan fingerprint density at radius 1 is 0.468 bits per heavy atom. The molecule has 1 aliphatic rings. The van der Waals surface area contributed by atoms with E-state index in [0.29, 0.717) is 7.48 Å². The van der Waals surface area contributed by atoms with E-state index in [0.717, 1.165) is 5.46 Å². The lowest BCUT2D eigenvalue weighted by atomic mass is 9.79. The van der Waals surface area contributed by atoms with Gasteiger partial charge in [0.1, 0.15) is 0 Å². The van der Waals surface area contributed by atoms with Crippen LogP contribution in [0.3, 0.4) is 0 Å². The summed E-state index contributed by atoms with van der Waals surface area (Å²) < 4.78 is 6.42. The average molecular weight is 609 g/mol. The fourth-order valence-corrected chi connectivity index (χ4v) is 7.09. The minimum atomic E-state index is -0.980. The molecule has 0 unspecified atom stereocenters. The molecule has 3 heteroatoms. The summed E-state index contributed by atoms with van der Waals surface area (Å²) in [6.45, 7) is 7.52. The van der Waals surface area contributed by atoms with E-state index in [4.69, 9.17) is 4.65 Å². The number of rotatable bonds is 7. The van der Waals surface area contributed by atoms with Gasteiger partial charge in [0.25, 0.3) is 0 Å². The number of hydrogen-bond acceptors (Lipinski definition) is 2. The predicted molar refractivity (Wildman–Crippen MR) is 200 cm³/mol. The molecule has 1 aliphatic carbocycles. The second-order valence-corrected chi connectivity index (χ2v) is 13.7. The van der Waals surface area contributed by atoms with E-state index in [-0.39, 0.29) is 0 Å². The lowest BCUT2D eigenvalue weighted by Gasteiger charge is -2.37. The minimum Gasteiger partial charge on any atom is -0.427 e. The number of fused-ring (bicyclic) bond motifs is 4. The monoisotopic (exact) mass is 608 g/mol. The molecule has 0 aliphatic heterocycles. The highest BCUT2D eigenvalue weighted by Crippen LogP contribution is 2.57. The van der Waals surface area contributed by atoms with Crippen molar-refractivity contribution in [1.82, 2.24) is 0 Å². The van der Waals surface area contributed by atoms with E-state index in [1.807, 2.05) is 13.8 Å². The molecule has 1 N–H and O–H groups in total. The lowest BCUT2D eigenvalue weighted by Crippen LogP contribution is -2.49. The Morgan fingerprint density at radius 2 is 1.02 bits per heavy atom. The molecule has 0 heterocycles. The normalized spacial score (nSPS) is 12.4. The molecule has 0 radical (unpaired) electrons. The third-order valence-corrected chi connectivity index (χ3v) is 10.3. The maximum atomic E-state index is 10.8. The van der Waals surface area contributed by atoms with Crippen LogP contribution in [-0.4, -0.2) is 23.8 Å². The molecular weight excluding hydrogens is 571 g/mol. The van der Waals surface area contributed by atoms with E-state index in [1.54, 1.807) is 13.8 Å². The molecule has 0 atom stereocenters. The summed E-state index contributed by atoms with van der Waals surface area (Å²) in [6.07, 6.45) is 0. The number of hydrogen-bond donors (Lipinski definition) is 1. The van der Waals surface area contributed by atoms with Crippen LogP contribution < -0.4 is 5.46 Å². The van der Waals surface area contributed by atoms with Crippen molar-refractivity contribution in [2.75, 3.05) is 0 Å². The van der Waals surface area contributed by atoms with Crippen LogP contribution in [0.2, 0.25) is 0 Å². The van der Waals surface area contributed by atoms with E-state index in [9.17, 15) is 5.11 Å². The van der Waals surface area contributed by atoms with Gasteiger partial charge in [0.15, 0.2) is 0 Å². The van der Waals surface area contributed by atoms with Gasteiger partial charge >= 0.3 is 7.48 Å². The summed E-state index contributed by atoms with van der Waals surface area (Å²) in [5.41, 5.74) is 11.8. The highest BCUT2D eigenvalue weighted by molar-refractivity contribution is 6.52. The summed E-state index contributed by atoms with van der Waals surface area (Å²) in [5.74, 6) is 0. The van der Waals surface area contributed by atoms with E-state index >= 15 is 0 Å². The van der Waals surface area contributed by atoms with Crippen molar-refractivity contribution < 1.29 is 9.76 Å². The van der Waals surface area contributed by atoms with Crippen LogP contribution >= 0.6 is 0 Å². The van der Waals surface area contributed by atoms with Crippen molar-refractivity contribution in [3.8, 4) is 55.6 Å². The second kappa shape index (κ2) is 11.1. The van der Waals surface area contributed by atoms with Crippen LogP contribution in [-0.2, 0) is 4.65 Å². The predicted octanol–water partition coefficient (Wildman–Crippen LogP) is 10.2. The Kier molecular flexibility index (Phi) is 6.95. The molecule has 0 bridgehead atoms. The first-order chi connectivity index (χ1) is 22.7. The first-order valence-electron chi connectivity index (χ1n) is 16.4. The van der Waals surface area contributed by atoms with Crippen LogP contribution in [0.15, 0.2) is 140 Å². The minimum absolute atomic E-state index is 0.410. The fourth-order valence-electron chi connectivity index (χ4n) is 7.09. The zero-order valence-electron chi connectivity index (χ0n) is 27.3. The molecule has 7 aromatic rings. The van der Waals surface area contributed by atoms with Crippen molar-refractivity contribution in [1.29, 1.82) is 0 Å². The zero-order valence-corrected chi connectivity index (χ0v) is 27.3. The topological polar surface area (TPSA) is 29.5 Å². The molecule has 0 aromatic heterocycles. The van der Waals surface area contributed by atoms with Crippen LogP contribution in [0.4, 0.5) is 0 Å². The summed E-state index contributed by atoms with van der Waals surface area (Å²) in [7, 11) is 0.410. The summed E-state index contributed by atoms with van der Waals surface area (Å²) in [6, 6.07) is 50.6. The van der Waals surface area contributed by atoms with Crippen LogP contribution in [0, 0.1) is 0 Å². The SMILES string of the molecule is CC(C)(O)C(C)(C)OBc1ccc2c3c(cccc13)-c1c-2c(-c2ccccc2)c2ccc(-c3ccccc3)cc2c1-c1ccccc1. The van der Waals surface area contributed by atoms with E-state index < -0.39 is 11.2 Å². The smallest absolute Gasteiger partial charge is 0.310 e. The van der Waals surface area contributed by atoms with Gasteiger partial charge in [0.2, 0.25) is 0 Å². The van der Waals surface area contributed by atoms with Crippen molar-refractivity contribution >= 4 is 34.5 Å². The molecule has 0 saturated heterocycles. The Labute approximate surface area is 277 Å². The second-order valence-electron chi connectivity index (χ2n) is 13.7. The van der Waals surface area contributed by atoms with E-state index in [1.165, 1.54) is 77.2 Å². The van der Waals surface area contributed by atoms with Gasteiger partial charge in [0.05, 0.1) is 11.2 Å². The molecular formula is C44H37BO2. The molecule has 0 saturated carbocycles. The quantitative estimate of drug-likeness (QED) is 0.183. The summed E-state index contributed by atoms with van der Waals surface area (Å²) in [5, 5.41) is 15.7. The Hall–Kier alpha value is -4.96. The van der Waals surface area contributed by atoms with Gasteiger partial charge in [-0.1, -0.05) is 133 Å². The lowest BCUT2D eigenvalue weighted by molar-refractivity contribution is -0.0893. The Bertz CT molecular complexity index is 2280. The number of aliphatic hydroxyl groups is 1. The van der Waals surface area contributed by atoms with Gasteiger partial charge in [-0.3, -0.25) is 0 Å². The average Bonchev–Trinajstić information content (AvgIpc) is 3.42. The third-order valence-electron chi connectivity index (χ3n) is 10.3. The molecule has 47 heavy (non-hydrogen) atoms. The molecule has 8 rings (SSSR count). The Morgan fingerprint density at radius 3 is 1.62 bits per heavy atom. The largest absolute Gasteiger partial charge is 0.427 e. The van der Waals surface area contributed by atoms with Crippen molar-refractivity contribution in [3.63, 3.8) is 0 Å². The van der Waals surface area contributed by atoms with Gasteiger partial charge in [-0.05, 0) is 116 Å². The van der Waals surface area contributed by atoms with Gasteiger partial charge in [-0.2, -0.15) is 0 Å². The molecule has 2 nitrogen and oxygen atoms in total. The van der Waals surface area contributed by atoms with Crippen LogP contribution in [0.25, 0.3) is 77.2 Å². The summed E-state index contributed by atoms with van der Waals surface area (Å²) in [4.78, 5) is 0. The maximum Gasteiger partial charge on any atom is 0.310 e. The van der Waals surface area contributed by atoms with Crippen molar-refractivity contribution in [3.05, 3.63) is 140 Å². The van der Waals surface area contributed by atoms with Gasteiger partial charge in [-0.15, -0.1) is 0 Å². The van der Waals surface area contributed by atoms with Crippen LogP contribution in [0.5, 0.6) is 0 Å². The number of benzene rings is 7. The molecule has 0 spiro atoms. The first-order valence-corrected chi connectivity index (χ1v) is 16.4.